The predicted molar refractivity (Wildman–Crippen MR) is 60.0 cm³/mol. The van der Waals surface area contributed by atoms with Crippen LogP contribution in [0, 0.1) is 0 Å². The third-order valence-corrected chi connectivity index (χ3v) is 2.14. The van der Waals surface area contributed by atoms with Crippen molar-refractivity contribution in [3.05, 3.63) is 23.9 Å². The van der Waals surface area contributed by atoms with Gasteiger partial charge in [-0.15, -0.1) is 0 Å². The SMILES string of the molecule is CCCC(O)Cc1cccc(OCC)n1. The van der Waals surface area contributed by atoms with Gasteiger partial charge in [-0.05, 0) is 19.4 Å². The van der Waals surface area contributed by atoms with Gasteiger partial charge in [-0.25, -0.2) is 4.98 Å². The summed E-state index contributed by atoms with van der Waals surface area (Å²) in [6.07, 6.45) is 2.13. The predicted octanol–water partition coefficient (Wildman–Crippen LogP) is 2.18. The van der Waals surface area contributed by atoms with E-state index in [0.29, 0.717) is 18.9 Å². The van der Waals surface area contributed by atoms with Crippen molar-refractivity contribution in [3.63, 3.8) is 0 Å². The van der Waals surface area contributed by atoms with Gasteiger partial charge in [0.1, 0.15) is 0 Å². The summed E-state index contributed by atoms with van der Waals surface area (Å²) in [7, 11) is 0. The lowest BCUT2D eigenvalue weighted by Gasteiger charge is -2.09. The third kappa shape index (κ3) is 4.30. The minimum atomic E-state index is -0.292. The summed E-state index contributed by atoms with van der Waals surface area (Å²) in [5, 5.41) is 9.64. The molecule has 0 bridgehead atoms. The minimum Gasteiger partial charge on any atom is -0.478 e. The number of aliphatic hydroxyl groups excluding tert-OH is 1. The fraction of sp³-hybridized carbons (Fsp3) is 0.583. The summed E-state index contributed by atoms with van der Waals surface area (Å²) < 4.78 is 5.30. The highest BCUT2D eigenvalue weighted by Gasteiger charge is 2.06. The fourth-order valence-corrected chi connectivity index (χ4v) is 1.48. The van der Waals surface area contributed by atoms with Crippen LogP contribution >= 0.6 is 0 Å². The molecule has 1 N–H and O–H groups in total. The summed E-state index contributed by atoms with van der Waals surface area (Å²) in [6, 6.07) is 5.66. The number of pyridine rings is 1. The Balaban J connectivity index is 2.56. The smallest absolute Gasteiger partial charge is 0.213 e. The molecular formula is C12H19NO2. The Labute approximate surface area is 91.1 Å². The maximum Gasteiger partial charge on any atom is 0.213 e. The van der Waals surface area contributed by atoms with Crippen molar-refractivity contribution in [3.8, 4) is 5.88 Å². The van der Waals surface area contributed by atoms with Crippen molar-refractivity contribution in [2.24, 2.45) is 0 Å². The molecule has 15 heavy (non-hydrogen) atoms. The van der Waals surface area contributed by atoms with E-state index >= 15 is 0 Å². The van der Waals surface area contributed by atoms with E-state index in [9.17, 15) is 5.11 Å². The standard InChI is InChI=1S/C12H19NO2/c1-3-6-11(14)9-10-7-5-8-12(13-10)15-4-2/h5,7-8,11,14H,3-4,6,9H2,1-2H3. The Morgan fingerprint density at radius 2 is 2.20 bits per heavy atom. The minimum absolute atomic E-state index is 0.292. The van der Waals surface area contributed by atoms with Crippen LogP contribution in [-0.4, -0.2) is 22.8 Å². The highest BCUT2D eigenvalue weighted by atomic mass is 16.5. The van der Waals surface area contributed by atoms with Crippen LogP contribution < -0.4 is 4.74 Å². The molecule has 3 heteroatoms. The normalized spacial score (nSPS) is 12.5. The highest BCUT2D eigenvalue weighted by Crippen LogP contribution is 2.10. The lowest BCUT2D eigenvalue weighted by atomic mass is 10.1. The Kier molecular flexibility index (Phi) is 5.12. The Morgan fingerprint density at radius 1 is 1.40 bits per heavy atom. The largest absolute Gasteiger partial charge is 0.478 e. The van der Waals surface area contributed by atoms with Crippen LogP contribution in [0.5, 0.6) is 5.88 Å². The van der Waals surface area contributed by atoms with E-state index in [0.717, 1.165) is 18.5 Å². The molecule has 84 valence electrons. The number of hydrogen-bond donors (Lipinski definition) is 1. The first-order valence-corrected chi connectivity index (χ1v) is 5.53. The number of rotatable bonds is 6. The molecule has 3 nitrogen and oxygen atoms in total. The average Bonchev–Trinajstić information content (AvgIpc) is 2.19. The van der Waals surface area contributed by atoms with Crippen LogP contribution in [0.15, 0.2) is 18.2 Å². The molecule has 0 aliphatic heterocycles. The van der Waals surface area contributed by atoms with Crippen LogP contribution in [0.1, 0.15) is 32.4 Å². The van der Waals surface area contributed by atoms with Crippen molar-refractivity contribution in [1.29, 1.82) is 0 Å². The Morgan fingerprint density at radius 3 is 2.87 bits per heavy atom. The second-order valence-electron chi connectivity index (χ2n) is 3.55. The van der Waals surface area contributed by atoms with E-state index in [-0.39, 0.29) is 6.10 Å². The highest BCUT2D eigenvalue weighted by molar-refractivity contribution is 5.16. The fourth-order valence-electron chi connectivity index (χ4n) is 1.48. The first-order chi connectivity index (χ1) is 7.26. The molecular weight excluding hydrogens is 190 g/mol. The summed E-state index contributed by atoms with van der Waals surface area (Å²) in [5.41, 5.74) is 0.891. The molecule has 1 aromatic heterocycles. The topological polar surface area (TPSA) is 42.4 Å². The first-order valence-electron chi connectivity index (χ1n) is 5.53. The second kappa shape index (κ2) is 6.40. The molecule has 0 aliphatic carbocycles. The van der Waals surface area contributed by atoms with Gasteiger partial charge in [0.25, 0.3) is 0 Å². The molecule has 0 radical (unpaired) electrons. The molecule has 0 aliphatic rings. The molecule has 1 aromatic rings. The zero-order chi connectivity index (χ0) is 11.1. The van der Waals surface area contributed by atoms with Gasteiger partial charge in [0, 0.05) is 18.2 Å². The van der Waals surface area contributed by atoms with Crippen molar-refractivity contribution in [2.75, 3.05) is 6.61 Å². The third-order valence-electron chi connectivity index (χ3n) is 2.14. The second-order valence-corrected chi connectivity index (χ2v) is 3.55. The van der Waals surface area contributed by atoms with Crippen LogP contribution in [0.4, 0.5) is 0 Å². The number of ether oxygens (including phenoxy) is 1. The van der Waals surface area contributed by atoms with E-state index < -0.39 is 0 Å². The summed E-state index contributed by atoms with van der Waals surface area (Å²) in [5.74, 6) is 0.638. The van der Waals surface area contributed by atoms with Gasteiger partial charge in [0.2, 0.25) is 5.88 Å². The number of aromatic nitrogens is 1. The number of hydrogen-bond acceptors (Lipinski definition) is 3. The molecule has 0 saturated carbocycles. The molecule has 0 amide bonds. The Hall–Kier alpha value is -1.09. The monoisotopic (exact) mass is 209 g/mol. The summed E-state index contributed by atoms with van der Waals surface area (Å²) in [6.45, 7) is 4.61. The molecule has 0 fully saturated rings. The lowest BCUT2D eigenvalue weighted by Crippen LogP contribution is -2.11. The van der Waals surface area contributed by atoms with Gasteiger partial charge in [-0.1, -0.05) is 19.4 Å². The maximum atomic E-state index is 9.64. The van der Waals surface area contributed by atoms with Crippen LogP contribution in [-0.2, 0) is 6.42 Å². The van der Waals surface area contributed by atoms with Crippen LogP contribution in [0.3, 0.4) is 0 Å². The summed E-state index contributed by atoms with van der Waals surface area (Å²) in [4.78, 5) is 4.30. The molecule has 1 unspecified atom stereocenters. The van der Waals surface area contributed by atoms with Crippen molar-refractivity contribution in [2.45, 2.75) is 39.2 Å². The maximum absolute atomic E-state index is 9.64. The molecule has 0 spiro atoms. The van der Waals surface area contributed by atoms with Gasteiger partial charge in [-0.2, -0.15) is 0 Å². The first kappa shape index (κ1) is 12.0. The average molecular weight is 209 g/mol. The zero-order valence-corrected chi connectivity index (χ0v) is 9.44. The molecule has 1 atom stereocenters. The van der Waals surface area contributed by atoms with Crippen LogP contribution in [0.25, 0.3) is 0 Å². The van der Waals surface area contributed by atoms with Gasteiger partial charge in [0.05, 0.1) is 12.7 Å². The van der Waals surface area contributed by atoms with Crippen molar-refractivity contribution in [1.82, 2.24) is 4.98 Å². The van der Waals surface area contributed by atoms with Gasteiger partial charge in [0.15, 0.2) is 0 Å². The van der Waals surface area contributed by atoms with Gasteiger partial charge >= 0.3 is 0 Å². The van der Waals surface area contributed by atoms with E-state index in [1.165, 1.54) is 0 Å². The molecule has 1 rings (SSSR count). The van der Waals surface area contributed by atoms with Crippen LogP contribution in [0.2, 0.25) is 0 Å². The van der Waals surface area contributed by atoms with E-state index in [4.69, 9.17) is 4.74 Å². The molecule has 0 saturated heterocycles. The Bertz CT molecular complexity index is 289. The quantitative estimate of drug-likeness (QED) is 0.781. The van der Waals surface area contributed by atoms with E-state index in [1.54, 1.807) is 0 Å². The molecule has 1 heterocycles. The number of aliphatic hydroxyl groups is 1. The number of nitrogens with zero attached hydrogens (tertiary/aromatic N) is 1. The van der Waals surface area contributed by atoms with Crippen molar-refractivity contribution >= 4 is 0 Å². The molecule has 0 aromatic carbocycles. The lowest BCUT2D eigenvalue weighted by molar-refractivity contribution is 0.162. The van der Waals surface area contributed by atoms with E-state index in [2.05, 4.69) is 11.9 Å². The zero-order valence-electron chi connectivity index (χ0n) is 9.44. The van der Waals surface area contributed by atoms with E-state index in [1.807, 2.05) is 25.1 Å². The summed E-state index contributed by atoms with van der Waals surface area (Å²) >= 11 is 0. The van der Waals surface area contributed by atoms with Gasteiger partial charge in [-0.3, -0.25) is 0 Å². The van der Waals surface area contributed by atoms with Gasteiger partial charge < -0.3 is 9.84 Å². The van der Waals surface area contributed by atoms with Crippen molar-refractivity contribution < 1.29 is 9.84 Å².